The van der Waals surface area contributed by atoms with E-state index in [1.165, 1.54) is 30.4 Å². The molecule has 1 aliphatic carbocycles. The second kappa shape index (κ2) is 5.44. The topological polar surface area (TPSA) is 26.0 Å². The first-order valence-electron chi connectivity index (χ1n) is 7.44. The molecule has 100 valence electrons. The van der Waals surface area contributed by atoms with Crippen molar-refractivity contribution in [2.75, 3.05) is 0 Å². The van der Waals surface area contributed by atoms with Gasteiger partial charge in [-0.3, -0.25) is 0 Å². The summed E-state index contributed by atoms with van der Waals surface area (Å²) >= 11 is 0. The van der Waals surface area contributed by atoms with Gasteiger partial charge in [-0.05, 0) is 35.8 Å². The Morgan fingerprint density at radius 1 is 1.28 bits per heavy atom. The van der Waals surface area contributed by atoms with Gasteiger partial charge in [-0.25, -0.2) is 0 Å². The predicted octanol–water partition coefficient (Wildman–Crippen LogP) is 4.56. The predicted molar refractivity (Wildman–Crippen MR) is 78.6 cm³/mol. The fraction of sp³-hybridized carbons (Fsp3) is 0.647. The Labute approximate surface area is 112 Å². The van der Waals surface area contributed by atoms with Gasteiger partial charge in [0.1, 0.15) is 0 Å². The van der Waals surface area contributed by atoms with Crippen LogP contribution in [0.15, 0.2) is 24.3 Å². The first-order chi connectivity index (χ1) is 8.55. The van der Waals surface area contributed by atoms with E-state index >= 15 is 0 Å². The summed E-state index contributed by atoms with van der Waals surface area (Å²) < 4.78 is 0. The van der Waals surface area contributed by atoms with Crippen LogP contribution >= 0.6 is 0 Å². The Kier molecular flexibility index (Phi) is 4.11. The van der Waals surface area contributed by atoms with Crippen LogP contribution in [0.1, 0.15) is 69.9 Å². The molecule has 1 aromatic rings. The van der Waals surface area contributed by atoms with E-state index in [0.717, 1.165) is 18.8 Å². The van der Waals surface area contributed by atoms with Gasteiger partial charge in [0.05, 0.1) is 0 Å². The lowest BCUT2D eigenvalue weighted by Crippen LogP contribution is -2.41. The maximum absolute atomic E-state index is 6.67. The lowest BCUT2D eigenvalue weighted by atomic mass is 9.71. The number of nitrogens with two attached hydrogens (primary N) is 1. The van der Waals surface area contributed by atoms with Crippen molar-refractivity contribution in [3.05, 3.63) is 35.4 Å². The van der Waals surface area contributed by atoms with Crippen LogP contribution < -0.4 is 5.73 Å². The second-order valence-corrected chi connectivity index (χ2v) is 6.30. The summed E-state index contributed by atoms with van der Waals surface area (Å²) in [4.78, 5) is 0. The molecule has 0 aromatic heterocycles. The number of hydrogen-bond acceptors (Lipinski definition) is 1. The van der Waals surface area contributed by atoms with Crippen molar-refractivity contribution in [1.82, 2.24) is 0 Å². The minimum atomic E-state index is -0.0750. The van der Waals surface area contributed by atoms with Crippen LogP contribution in [0, 0.1) is 5.92 Å². The van der Waals surface area contributed by atoms with Crippen LogP contribution in [-0.4, -0.2) is 0 Å². The standard InChI is InChI=1S/C17H27N/c1-4-14-6-5-11-17(18,12-14)16-9-7-15(8-10-16)13(2)3/h7-10,13-14H,4-6,11-12,18H2,1-3H3. The van der Waals surface area contributed by atoms with E-state index < -0.39 is 0 Å². The Balaban J connectivity index is 2.18. The molecule has 2 N–H and O–H groups in total. The van der Waals surface area contributed by atoms with Gasteiger partial charge in [-0.2, -0.15) is 0 Å². The molecule has 0 heterocycles. The van der Waals surface area contributed by atoms with E-state index in [2.05, 4.69) is 45.0 Å². The van der Waals surface area contributed by atoms with Gasteiger partial charge >= 0.3 is 0 Å². The quantitative estimate of drug-likeness (QED) is 0.829. The summed E-state index contributed by atoms with van der Waals surface area (Å²) in [5.74, 6) is 1.41. The molecule has 1 aliphatic rings. The average molecular weight is 245 g/mol. The molecule has 2 rings (SSSR count). The Bertz CT molecular complexity index is 379. The highest BCUT2D eigenvalue weighted by Gasteiger charge is 2.33. The fourth-order valence-corrected chi connectivity index (χ4v) is 3.24. The first-order valence-corrected chi connectivity index (χ1v) is 7.44. The molecule has 0 bridgehead atoms. The van der Waals surface area contributed by atoms with Gasteiger partial charge < -0.3 is 5.73 Å². The van der Waals surface area contributed by atoms with Gasteiger partial charge in [0.2, 0.25) is 0 Å². The highest BCUT2D eigenvalue weighted by Crippen LogP contribution is 2.39. The van der Waals surface area contributed by atoms with Crippen LogP contribution in [0.2, 0.25) is 0 Å². The zero-order valence-electron chi connectivity index (χ0n) is 12.1. The maximum Gasteiger partial charge on any atom is 0.0412 e. The van der Waals surface area contributed by atoms with E-state index in [-0.39, 0.29) is 5.54 Å². The molecule has 1 fully saturated rings. The molecular formula is C17H27N. The van der Waals surface area contributed by atoms with Crippen molar-refractivity contribution in [3.63, 3.8) is 0 Å². The summed E-state index contributed by atoms with van der Waals surface area (Å²) in [5, 5.41) is 0. The zero-order chi connectivity index (χ0) is 13.2. The monoisotopic (exact) mass is 245 g/mol. The second-order valence-electron chi connectivity index (χ2n) is 6.30. The van der Waals surface area contributed by atoms with Gasteiger partial charge in [0.25, 0.3) is 0 Å². The number of rotatable bonds is 3. The molecule has 1 heteroatoms. The highest BCUT2D eigenvalue weighted by atomic mass is 14.7. The lowest BCUT2D eigenvalue weighted by Gasteiger charge is -2.38. The first kappa shape index (κ1) is 13.6. The van der Waals surface area contributed by atoms with E-state index in [4.69, 9.17) is 5.73 Å². The van der Waals surface area contributed by atoms with Crippen molar-refractivity contribution in [1.29, 1.82) is 0 Å². The minimum absolute atomic E-state index is 0.0750. The number of hydrogen-bond donors (Lipinski definition) is 1. The largest absolute Gasteiger partial charge is 0.321 e. The summed E-state index contributed by atoms with van der Waals surface area (Å²) in [6.07, 6.45) is 6.21. The van der Waals surface area contributed by atoms with Crippen LogP contribution in [0.25, 0.3) is 0 Å². The number of benzene rings is 1. The van der Waals surface area contributed by atoms with Crippen molar-refractivity contribution in [2.45, 2.75) is 64.3 Å². The Hall–Kier alpha value is -0.820. The third-order valence-electron chi connectivity index (χ3n) is 4.62. The van der Waals surface area contributed by atoms with E-state index in [9.17, 15) is 0 Å². The molecule has 1 saturated carbocycles. The summed E-state index contributed by atoms with van der Waals surface area (Å²) in [5.41, 5.74) is 9.34. The average Bonchev–Trinajstić information content (AvgIpc) is 2.39. The fourth-order valence-electron chi connectivity index (χ4n) is 3.24. The summed E-state index contributed by atoms with van der Waals surface area (Å²) in [6, 6.07) is 9.02. The van der Waals surface area contributed by atoms with Crippen LogP contribution in [0.3, 0.4) is 0 Å². The molecule has 0 radical (unpaired) electrons. The molecule has 1 nitrogen and oxygen atoms in total. The van der Waals surface area contributed by atoms with Crippen molar-refractivity contribution in [2.24, 2.45) is 11.7 Å². The SMILES string of the molecule is CCC1CCCC(N)(c2ccc(C(C)C)cc2)C1. The molecule has 0 amide bonds. The Morgan fingerprint density at radius 2 is 1.94 bits per heavy atom. The molecule has 2 atom stereocenters. The van der Waals surface area contributed by atoms with Crippen molar-refractivity contribution < 1.29 is 0 Å². The smallest absolute Gasteiger partial charge is 0.0412 e. The third kappa shape index (κ3) is 2.77. The normalized spacial score (nSPS) is 28.6. The van der Waals surface area contributed by atoms with Gasteiger partial charge in [0, 0.05) is 5.54 Å². The minimum Gasteiger partial charge on any atom is -0.321 e. The zero-order valence-corrected chi connectivity index (χ0v) is 12.1. The van der Waals surface area contributed by atoms with Gasteiger partial charge in [-0.15, -0.1) is 0 Å². The van der Waals surface area contributed by atoms with Crippen LogP contribution in [0.5, 0.6) is 0 Å². The third-order valence-corrected chi connectivity index (χ3v) is 4.62. The van der Waals surface area contributed by atoms with Gasteiger partial charge in [0.15, 0.2) is 0 Å². The van der Waals surface area contributed by atoms with Crippen molar-refractivity contribution in [3.8, 4) is 0 Å². The summed E-state index contributed by atoms with van der Waals surface area (Å²) in [6.45, 7) is 6.76. The molecule has 0 saturated heterocycles. The lowest BCUT2D eigenvalue weighted by molar-refractivity contribution is 0.221. The molecule has 0 spiro atoms. The molecule has 1 aromatic carbocycles. The highest BCUT2D eigenvalue weighted by molar-refractivity contribution is 5.30. The van der Waals surface area contributed by atoms with E-state index in [1.54, 1.807) is 0 Å². The van der Waals surface area contributed by atoms with Crippen molar-refractivity contribution >= 4 is 0 Å². The van der Waals surface area contributed by atoms with Crippen LogP contribution in [0.4, 0.5) is 0 Å². The van der Waals surface area contributed by atoms with Crippen LogP contribution in [-0.2, 0) is 5.54 Å². The molecule has 2 unspecified atom stereocenters. The van der Waals surface area contributed by atoms with Gasteiger partial charge in [-0.1, -0.05) is 64.3 Å². The molecule has 18 heavy (non-hydrogen) atoms. The maximum atomic E-state index is 6.67. The Morgan fingerprint density at radius 3 is 2.50 bits per heavy atom. The molecular weight excluding hydrogens is 218 g/mol. The van der Waals surface area contributed by atoms with E-state index in [1.807, 2.05) is 0 Å². The summed E-state index contributed by atoms with van der Waals surface area (Å²) in [7, 11) is 0. The molecule has 0 aliphatic heterocycles. The van der Waals surface area contributed by atoms with E-state index in [0.29, 0.717) is 5.92 Å².